The average Bonchev–Trinajstić information content (AvgIpc) is 2.56. The maximum absolute atomic E-state index is 2.55. The lowest BCUT2D eigenvalue weighted by atomic mass is 9.57. The van der Waals surface area contributed by atoms with Gasteiger partial charge in [-0.25, -0.2) is 0 Å². The molecule has 140 valence electrons. The Morgan fingerprint density at radius 1 is 0.500 bits per heavy atom. The highest BCUT2D eigenvalue weighted by atomic mass is 14.5. The Balaban J connectivity index is 1.74. The second-order valence-corrected chi connectivity index (χ2v) is 10.7. The third-order valence-corrected chi connectivity index (χ3v) is 8.90. The molecule has 2 unspecified atom stereocenters. The van der Waals surface area contributed by atoms with E-state index < -0.39 is 0 Å². The zero-order valence-corrected chi connectivity index (χ0v) is 17.3. The van der Waals surface area contributed by atoms with Crippen molar-refractivity contribution < 1.29 is 0 Å². The van der Waals surface area contributed by atoms with Gasteiger partial charge in [0, 0.05) is 0 Å². The van der Waals surface area contributed by atoms with Crippen molar-refractivity contribution in [2.75, 3.05) is 0 Å². The Labute approximate surface area is 152 Å². The summed E-state index contributed by atoms with van der Waals surface area (Å²) in [5, 5.41) is 0. The molecule has 0 N–H and O–H groups in total. The maximum atomic E-state index is 2.55. The number of hydrogen-bond acceptors (Lipinski definition) is 0. The zero-order valence-electron chi connectivity index (χ0n) is 17.3. The highest BCUT2D eigenvalue weighted by molar-refractivity contribution is 4.92. The summed E-state index contributed by atoms with van der Waals surface area (Å²) >= 11 is 0. The molecule has 0 aromatic rings. The van der Waals surface area contributed by atoms with E-state index in [1.54, 1.807) is 25.7 Å². The Morgan fingerprint density at radius 3 is 1.25 bits per heavy atom. The molecule has 0 saturated heterocycles. The summed E-state index contributed by atoms with van der Waals surface area (Å²) in [4.78, 5) is 0. The van der Waals surface area contributed by atoms with Crippen LogP contribution in [-0.2, 0) is 0 Å². The second-order valence-electron chi connectivity index (χ2n) is 10.7. The summed E-state index contributed by atoms with van der Waals surface area (Å²) in [5.74, 6) is 9.09. The van der Waals surface area contributed by atoms with E-state index in [9.17, 15) is 0 Å². The van der Waals surface area contributed by atoms with Crippen LogP contribution in [0.4, 0.5) is 0 Å². The van der Waals surface area contributed by atoms with Gasteiger partial charge in [0.2, 0.25) is 0 Å². The first-order valence-corrected chi connectivity index (χ1v) is 11.5. The summed E-state index contributed by atoms with van der Waals surface area (Å²) in [6.45, 7) is 12.6. The molecule has 0 aromatic heterocycles. The first kappa shape index (κ1) is 18.8. The lowest BCUT2D eigenvalue weighted by Crippen LogP contribution is -2.40. The SMILES string of the molecule is CC1CCC(C(C2CCC(C)CC2)C2CC(C)C(C)C(C)C2)CC1. The average molecular weight is 333 g/mol. The van der Waals surface area contributed by atoms with Crippen LogP contribution < -0.4 is 0 Å². The summed E-state index contributed by atoms with van der Waals surface area (Å²) in [7, 11) is 0. The van der Waals surface area contributed by atoms with Crippen LogP contribution in [0.5, 0.6) is 0 Å². The van der Waals surface area contributed by atoms with Crippen molar-refractivity contribution in [3.8, 4) is 0 Å². The molecule has 0 nitrogen and oxygen atoms in total. The fourth-order valence-corrected chi connectivity index (χ4v) is 6.85. The smallest absolute Gasteiger partial charge is 0.0329 e. The largest absolute Gasteiger partial charge is 0.0625 e. The molecular formula is C24H44. The van der Waals surface area contributed by atoms with Gasteiger partial charge < -0.3 is 0 Å². The molecule has 0 spiro atoms. The minimum atomic E-state index is 0.944. The first-order chi connectivity index (χ1) is 11.5. The van der Waals surface area contributed by atoms with Crippen LogP contribution in [0.15, 0.2) is 0 Å². The van der Waals surface area contributed by atoms with Crippen LogP contribution in [0.1, 0.15) is 98.8 Å². The monoisotopic (exact) mass is 332 g/mol. The minimum absolute atomic E-state index is 0.944. The summed E-state index contributed by atoms with van der Waals surface area (Å²) in [6.07, 6.45) is 15.3. The van der Waals surface area contributed by atoms with Gasteiger partial charge in [-0.3, -0.25) is 0 Å². The molecule has 0 radical (unpaired) electrons. The van der Waals surface area contributed by atoms with Crippen molar-refractivity contribution in [2.45, 2.75) is 98.8 Å². The topological polar surface area (TPSA) is 0 Å². The molecule has 3 rings (SSSR count). The van der Waals surface area contributed by atoms with Crippen LogP contribution in [0.3, 0.4) is 0 Å². The molecule has 3 aliphatic rings. The Kier molecular flexibility index (Phi) is 6.36. The van der Waals surface area contributed by atoms with Crippen LogP contribution in [0.25, 0.3) is 0 Å². The molecule has 0 heterocycles. The van der Waals surface area contributed by atoms with Gasteiger partial charge in [-0.2, -0.15) is 0 Å². The molecule has 0 aromatic carbocycles. The molecule has 0 aliphatic heterocycles. The van der Waals surface area contributed by atoms with Crippen molar-refractivity contribution in [1.82, 2.24) is 0 Å². The number of hydrogen-bond donors (Lipinski definition) is 0. The van der Waals surface area contributed by atoms with Gasteiger partial charge in [-0.05, 0) is 91.8 Å². The van der Waals surface area contributed by atoms with Crippen molar-refractivity contribution >= 4 is 0 Å². The zero-order chi connectivity index (χ0) is 17.3. The fraction of sp³-hybridized carbons (Fsp3) is 1.00. The summed E-state index contributed by atoms with van der Waals surface area (Å²) in [5.41, 5.74) is 0. The van der Waals surface area contributed by atoms with Gasteiger partial charge in [-0.1, -0.05) is 60.3 Å². The molecule has 0 heteroatoms. The number of rotatable bonds is 3. The summed E-state index contributed by atoms with van der Waals surface area (Å²) in [6, 6.07) is 0. The summed E-state index contributed by atoms with van der Waals surface area (Å²) < 4.78 is 0. The van der Waals surface area contributed by atoms with E-state index >= 15 is 0 Å². The molecular weight excluding hydrogens is 288 g/mol. The van der Waals surface area contributed by atoms with E-state index in [-0.39, 0.29) is 0 Å². The second kappa shape index (κ2) is 8.13. The van der Waals surface area contributed by atoms with Gasteiger partial charge in [0.1, 0.15) is 0 Å². The van der Waals surface area contributed by atoms with Crippen molar-refractivity contribution in [2.24, 2.45) is 53.3 Å². The Bertz CT molecular complexity index is 335. The standard InChI is InChI=1S/C24H44/c1-16-6-10-21(11-7-16)24(22-12-8-17(2)9-13-22)23-14-18(3)20(5)19(4)15-23/h16-24H,6-15H2,1-5H3. The Hall–Kier alpha value is 0. The lowest BCUT2D eigenvalue weighted by Gasteiger charge is -2.48. The lowest BCUT2D eigenvalue weighted by molar-refractivity contribution is 0.0145. The van der Waals surface area contributed by atoms with Crippen LogP contribution >= 0.6 is 0 Å². The van der Waals surface area contributed by atoms with Gasteiger partial charge in [-0.15, -0.1) is 0 Å². The van der Waals surface area contributed by atoms with Gasteiger partial charge in [0.15, 0.2) is 0 Å². The third-order valence-electron chi connectivity index (χ3n) is 8.90. The van der Waals surface area contributed by atoms with E-state index in [4.69, 9.17) is 0 Å². The van der Waals surface area contributed by atoms with Crippen molar-refractivity contribution in [1.29, 1.82) is 0 Å². The van der Waals surface area contributed by atoms with E-state index in [1.165, 1.54) is 38.5 Å². The Morgan fingerprint density at radius 2 is 0.875 bits per heavy atom. The molecule has 2 atom stereocenters. The molecule has 0 amide bonds. The predicted molar refractivity (Wildman–Crippen MR) is 106 cm³/mol. The van der Waals surface area contributed by atoms with E-state index in [0.29, 0.717) is 0 Å². The van der Waals surface area contributed by atoms with Crippen molar-refractivity contribution in [3.63, 3.8) is 0 Å². The molecule has 0 bridgehead atoms. The van der Waals surface area contributed by atoms with Gasteiger partial charge in [0.05, 0.1) is 0 Å². The third kappa shape index (κ3) is 4.21. The van der Waals surface area contributed by atoms with E-state index in [2.05, 4.69) is 34.6 Å². The molecule has 3 aliphatic carbocycles. The first-order valence-electron chi connectivity index (χ1n) is 11.5. The maximum Gasteiger partial charge on any atom is -0.0329 e. The molecule has 3 saturated carbocycles. The predicted octanol–water partition coefficient (Wildman–Crippen LogP) is 7.57. The fourth-order valence-electron chi connectivity index (χ4n) is 6.85. The van der Waals surface area contributed by atoms with Gasteiger partial charge >= 0.3 is 0 Å². The van der Waals surface area contributed by atoms with Crippen molar-refractivity contribution in [3.05, 3.63) is 0 Å². The normalized spacial score (nSPS) is 48.9. The van der Waals surface area contributed by atoms with E-state index in [1.807, 2.05) is 0 Å². The minimum Gasteiger partial charge on any atom is -0.0625 e. The quantitative estimate of drug-likeness (QED) is 0.500. The van der Waals surface area contributed by atoms with Crippen LogP contribution in [0, 0.1) is 53.3 Å². The van der Waals surface area contributed by atoms with E-state index in [0.717, 1.165) is 53.3 Å². The molecule has 3 fully saturated rings. The molecule has 24 heavy (non-hydrogen) atoms. The highest BCUT2D eigenvalue weighted by Gasteiger charge is 2.42. The van der Waals surface area contributed by atoms with Crippen LogP contribution in [0.2, 0.25) is 0 Å². The van der Waals surface area contributed by atoms with Crippen LogP contribution in [-0.4, -0.2) is 0 Å². The van der Waals surface area contributed by atoms with Gasteiger partial charge in [0.25, 0.3) is 0 Å². The highest BCUT2D eigenvalue weighted by Crippen LogP contribution is 2.51.